The van der Waals surface area contributed by atoms with Crippen LogP contribution in [0.3, 0.4) is 0 Å². The highest BCUT2D eigenvalue weighted by Crippen LogP contribution is 2.28. The first-order valence-electron chi connectivity index (χ1n) is 8.19. The van der Waals surface area contributed by atoms with Crippen molar-refractivity contribution in [2.24, 2.45) is 5.92 Å². The molecule has 0 saturated carbocycles. The van der Waals surface area contributed by atoms with E-state index in [-0.39, 0.29) is 24.3 Å². The van der Waals surface area contributed by atoms with E-state index in [1.54, 1.807) is 19.2 Å². The van der Waals surface area contributed by atoms with Gasteiger partial charge in [0, 0.05) is 19.6 Å². The summed E-state index contributed by atoms with van der Waals surface area (Å²) in [6.07, 6.45) is 0.877. The molecule has 1 fully saturated rings. The molecule has 2 rings (SSSR count). The summed E-state index contributed by atoms with van der Waals surface area (Å²) >= 11 is 0. The van der Waals surface area contributed by atoms with E-state index in [1.165, 1.54) is 0 Å². The normalized spacial score (nSPS) is 16.5. The summed E-state index contributed by atoms with van der Waals surface area (Å²) in [5.41, 5.74) is 0.913. The van der Waals surface area contributed by atoms with Crippen LogP contribution < -0.4 is 25.4 Å². The largest absolute Gasteiger partial charge is 0.493 e. The molecule has 0 aliphatic carbocycles. The fourth-order valence-electron chi connectivity index (χ4n) is 2.54. The molecule has 1 atom stereocenters. The van der Waals surface area contributed by atoms with E-state index in [0.29, 0.717) is 24.6 Å². The van der Waals surface area contributed by atoms with Gasteiger partial charge < -0.3 is 25.4 Å². The lowest BCUT2D eigenvalue weighted by Gasteiger charge is -2.13. The summed E-state index contributed by atoms with van der Waals surface area (Å²) in [4.78, 5) is 23.5. The Balaban J connectivity index is 1.90. The number of hydrogen-bond acceptors (Lipinski definition) is 5. The Morgan fingerprint density at radius 1 is 1.29 bits per heavy atom. The van der Waals surface area contributed by atoms with Crippen molar-refractivity contribution < 1.29 is 19.1 Å². The lowest BCUT2D eigenvalue weighted by atomic mass is 10.1. The topological polar surface area (TPSA) is 88.7 Å². The van der Waals surface area contributed by atoms with Crippen molar-refractivity contribution in [1.29, 1.82) is 0 Å². The number of nitrogens with one attached hydrogen (secondary N) is 3. The molecule has 1 unspecified atom stereocenters. The average Bonchev–Trinajstić information content (AvgIpc) is 3.13. The minimum atomic E-state index is -0.180. The number of amides is 2. The number of methoxy groups -OCH3 is 1. The van der Waals surface area contributed by atoms with Crippen LogP contribution in [0.1, 0.15) is 18.9 Å². The lowest BCUT2D eigenvalue weighted by molar-refractivity contribution is -0.124. The van der Waals surface area contributed by atoms with E-state index in [1.807, 2.05) is 13.0 Å². The van der Waals surface area contributed by atoms with E-state index < -0.39 is 0 Å². The SMILES string of the molecule is CCNC(=O)COc1ccc(CNC(=O)C2CCNC2)cc1OC. The van der Waals surface area contributed by atoms with Crippen molar-refractivity contribution in [3.63, 3.8) is 0 Å². The van der Waals surface area contributed by atoms with E-state index in [4.69, 9.17) is 9.47 Å². The lowest BCUT2D eigenvalue weighted by Crippen LogP contribution is -2.31. The van der Waals surface area contributed by atoms with Crippen molar-refractivity contribution in [2.45, 2.75) is 19.9 Å². The third-order valence-electron chi connectivity index (χ3n) is 3.86. The maximum atomic E-state index is 12.0. The van der Waals surface area contributed by atoms with Crippen molar-refractivity contribution in [2.75, 3.05) is 33.4 Å². The highest BCUT2D eigenvalue weighted by molar-refractivity contribution is 5.79. The summed E-state index contributed by atoms with van der Waals surface area (Å²) < 4.78 is 10.8. The Morgan fingerprint density at radius 3 is 2.79 bits per heavy atom. The fourth-order valence-corrected chi connectivity index (χ4v) is 2.54. The number of carbonyl (C=O) groups is 2. The number of likely N-dealkylation sites (N-methyl/N-ethyl adjacent to an activating group) is 1. The van der Waals surface area contributed by atoms with Gasteiger partial charge in [-0.25, -0.2) is 0 Å². The first kappa shape index (κ1) is 18.1. The molecule has 0 aromatic heterocycles. The van der Waals surface area contributed by atoms with Gasteiger partial charge in [-0.1, -0.05) is 6.07 Å². The first-order valence-corrected chi connectivity index (χ1v) is 8.19. The summed E-state index contributed by atoms with van der Waals surface area (Å²) in [6.45, 7) is 4.42. The highest BCUT2D eigenvalue weighted by Gasteiger charge is 2.21. The predicted molar refractivity (Wildman–Crippen MR) is 90.0 cm³/mol. The molecule has 2 amide bonds. The Labute approximate surface area is 142 Å². The summed E-state index contributed by atoms with van der Waals surface area (Å²) in [5, 5.41) is 8.79. The number of benzene rings is 1. The fraction of sp³-hybridized carbons (Fsp3) is 0.529. The molecule has 132 valence electrons. The molecule has 1 aliphatic rings. The first-order chi connectivity index (χ1) is 11.6. The maximum absolute atomic E-state index is 12.0. The molecule has 0 bridgehead atoms. The van der Waals surface area contributed by atoms with Crippen molar-refractivity contribution in [3.05, 3.63) is 23.8 Å². The van der Waals surface area contributed by atoms with Gasteiger partial charge in [-0.3, -0.25) is 9.59 Å². The van der Waals surface area contributed by atoms with Gasteiger partial charge in [0.25, 0.3) is 5.91 Å². The second-order valence-electron chi connectivity index (χ2n) is 5.63. The number of hydrogen-bond donors (Lipinski definition) is 3. The predicted octanol–water partition coefficient (Wildman–Crippen LogP) is 0.436. The molecule has 1 heterocycles. The third-order valence-corrected chi connectivity index (χ3v) is 3.86. The zero-order valence-electron chi connectivity index (χ0n) is 14.2. The molecular weight excluding hydrogens is 310 g/mol. The standard InChI is InChI=1S/C17H25N3O4/c1-3-19-16(21)11-24-14-5-4-12(8-15(14)23-2)9-20-17(22)13-6-7-18-10-13/h4-5,8,13,18H,3,6-7,9-11H2,1-2H3,(H,19,21)(H,20,22). The molecule has 0 radical (unpaired) electrons. The van der Waals surface area contributed by atoms with Crippen LogP contribution in [0.2, 0.25) is 0 Å². The zero-order chi connectivity index (χ0) is 17.4. The van der Waals surface area contributed by atoms with Crippen molar-refractivity contribution >= 4 is 11.8 Å². The van der Waals surface area contributed by atoms with Gasteiger partial charge in [0.1, 0.15) is 0 Å². The Kier molecular flexibility index (Phi) is 6.87. The quantitative estimate of drug-likeness (QED) is 0.641. The Bertz CT molecular complexity index is 571. The molecule has 7 heteroatoms. The van der Waals surface area contributed by atoms with E-state index >= 15 is 0 Å². The third kappa shape index (κ3) is 5.13. The molecule has 24 heavy (non-hydrogen) atoms. The average molecular weight is 335 g/mol. The Hall–Kier alpha value is -2.28. The van der Waals surface area contributed by atoms with Crippen LogP contribution in [-0.2, 0) is 16.1 Å². The van der Waals surface area contributed by atoms with Crippen LogP contribution in [0.25, 0.3) is 0 Å². The molecule has 1 aliphatic heterocycles. The number of ether oxygens (including phenoxy) is 2. The number of rotatable bonds is 8. The second kappa shape index (κ2) is 9.12. The van der Waals surface area contributed by atoms with Gasteiger partial charge in [0.2, 0.25) is 5.91 Å². The molecule has 7 nitrogen and oxygen atoms in total. The summed E-state index contributed by atoms with van der Waals surface area (Å²) in [6, 6.07) is 5.40. The van der Waals surface area contributed by atoms with E-state index in [2.05, 4.69) is 16.0 Å². The molecule has 1 aromatic carbocycles. The minimum absolute atomic E-state index is 0.0478. The van der Waals surface area contributed by atoms with E-state index in [0.717, 1.165) is 25.1 Å². The van der Waals surface area contributed by atoms with Crippen LogP contribution >= 0.6 is 0 Å². The van der Waals surface area contributed by atoms with Crippen LogP contribution in [0.15, 0.2) is 18.2 Å². The van der Waals surface area contributed by atoms with Gasteiger partial charge in [-0.2, -0.15) is 0 Å². The summed E-state index contributed by atoms with van der Waals surface area (Å²) in [7, 11) is 1.54. The van der Waals surface area contributed by atoms with Gasteiger partial charge in [0.05, 0.1) is 13.0 Å². The van der Waals surface area contributed by atoms with Crippen LogP contribution in [-0.4, -0.2) is 45.2 Å². The molecule has 0 spiro atoms. The van der Waals surface area contributed by atoms with Gasteiger partial charge >= 0.3 is 0 Å². The molecule has 1 aromatic rings. The van der Waals surface area contributed by atoms with Crippen LogP contribution in [0.5, 0.6) is 11.5 Å². The van der Waals surface area contributed by atoms with Crippen molar-refractivity contribution in [1.82, 2.24) is 16.0 Å². The second-order valence-corrected chi connectivity index (χ2v) is 5.63. The van der Waals surface area contributed by atoms with E-state index in [9.17, 15) is 9.59 Å². The Morgan fingerprint density at radius 2 is 2.12 bits per heavy atom. The zero-order valence-corrected chi connectivity index (χ0v) is 14.2. The highest BCUT2D eigenvalue weighted by atomic mass is 16.5. The monoisotopic (exact) mass is 335 g/mol. The molecule has 1 saturated heterocycles. The number of carbonyl (C=O) groups excluding carboxylic acids is 2. The molecule has 3 N–H and O–H groups in total. The maximum Gasteiger partial charge on any atom is 0.257 e. The van der Waals surface area contributed by atoms with Gasteiger partial charge in [-0.15, -0.1) is 0 Å². The van der Waals surface area contributed by atoms with Crippen molar-refractivity contribution in [3.8, 4) is 11.5 Å². The van der Waals surface area contributed by atoms with Crippen LogP contribution in [0.4, 0.5) is 0 Å². The minimum Gasteiger partial charge on any atom is -0.493 e. The smallest absolute Gasteiger partial charge is 0.257 e. The van der Waals surface area contributed by atoms with Crippen LogP contribution in [0, 0.1) is 5.92 Å². The molecular formula is C17H25N3O4. The van der Waals surface area contributed by atoms with Gasteiger partial charge in [-0.05, 0) is 37.6 Å². The summed E-state index contributed by atoms with van der Waals surface area (Å²) in [5.74, 6) is 0.968. The van der Waals surface area contributed by atoms with Gasteiger partial charge in [0.15, 0.2) is 18.1 Å².